The van der Waals surface area contributed by atoms with E-state index in [0.717, 1.165) is 69.2 Å². The highest BCUT2D eigenvalue weighted by Gasteiger charge is 2.18. The second-order valence-corrected chi connectivity index (χ2v) is 9.30. The number of hydrogen-bond acceptors (Lipinski definition) is 6. The number of thiazole rings is 1. The van der Waals surface area contributed by atoms with Gasteiger partial charge in [0.05, 0.1) is 22.5 Å². The van der Waals surface area contributed by atoms with Gasteiger partial charge in [-0.05, 0) is 67.9 Å². The molecule has 0 atom stereocenters. The number of nitrogen functional groups attached to an aromatic ring is 1. The topological polar surface area (TPSA) is 97.4 Å². The van der Waals surface area contributed by atoms with Gasteiger partial charge in [0.25, 0.3) is 0 Å². The minimum absolute atomic E-state index is 0.253. The van der Waals surface area contributed by atoms with E-state index in [-0.39, 0.29) is 5.82 Å². The van der Waals surface area contributed by atoms with Crippen molar-refractivity contribution >= 4 is 27.5 Å². The van der Waals surface area contributed by atoms with Gasteiger partial charge in [-0.15, -0.1) is 11.3 Å². The van der Waals surface area contributed by atoms with Gasteiger partial charge in [-0.25, -0.2) is 14.4 Å². The molecule has 0 spiro atoms. The van der Waals surface area contributed by atoms with Gasteiger partial charge in [-0.2, -0.15) is 5.10 Å². The van der Waals surface area contributed by atoms with E-state index in [1.54, 1.807) is 29.7 Å². The van der Waals surface area contributed by atoms with Crippen molar-refractivity contribution < 1.29 is 4.39 Å². The Labute approximate surface area is 193 Å². The predicted molar refractivity (Wildman–Crippen MR) is 129 cm³/mol. The molecule has 6 rings (SSSR count). The highest BCUT2D eigenvalue weighted by molar-refractivity contribution is 7.21. The van der Waals surface area contributed by atoms with Crippen LogP contribution in [0.3, 0.4) is 0 Å². The van der Waals surface area contributed by atoms with Crippen molar-refractivity contribution in [2.24, 2.45) is 0 Å². The lowest BCUT2D eigenvalue weighted by molar-refractivity contribution is 0.343. The summed E-state index contributed by atoms with van der Waals surface area (Å²) < 4.78 is 16.3. The van der Waals surface area contributed by atoms with E-state index in [4.69, 9.17) is 10.7 Å². The number of rotatable bonds is 4. The van der Waals surface area contributed by atoms with Crippen LogP contribution in [0.25, 0.3) is 43.3 Å². The summed E-state index contributed by atoms with van der Waals surface area (Å²) in [4.78, 5) is 12.5. The standard InChI is InChI=1S/C24H22FN7S/c25-17-3-1-14(2-4-17)20-10-21-23(30-20)31-24(33-21)19-9-15(11-28-22(19)26)16-12-29-32(13-16)18-5-7-27-8-6-18/h1-4,9-13,18,27,30H,5-8H2,(H2,26,28). The lowest BCUT2D eigenvalue weighted by atomic mass is 10.1. The number of benzene rings is 1. The summed E-state index contributed by atoms with van der Waals surface area (Å²) >= 11 is 1.55. The van der Waals surface area contributed by atoms with Gasteiger partial charge in [0.15, 0.2) is 0 Å². The van der Waals surface area contributed by atoms with Crippen molar-refractivity contribution in [3.05, 3.63) is 60.8 Å². The molecular weight excluding hydrogens is 437 g/mol. The number of nitrogens with zero attached hydrogens (tertiary/aromatic N) is 4. The van der Waals surface area contributed by atoms with Crippen molar-refractivity contribution in [2.75, 3.05) is 18.8 Å². The fourth-order valence-electron chi connectivity index (χ4n) is 4.28. The van der Waals surface area contributed by atoms with Crippen molar-refractivity contribution in [1.82, 2.24) is 30.0 Å². The minimum atomic E-state index is -0.253. The van der Waals surface area contributed by atoms with Gasteiger partial charge in [0.1, 0.15) is 22.3 Å². The summed E-state index contributed by atoms with van der Waals surface area (Å²) in [5, 5.41) is 8.79. The van der Waals surface area contributed by atoms with Gasteiger partial charge in [-0.3, -0.25) is 4.68 Å². The third-order valence-corrected chi connectivity index (χ3v) is 7.14. The molecule has 0 saturated carbocycles. The number of aromatic amines is 1. The molecule has 9 heteroatoms. The van der Waals surface area contributed by atoms with E-state index in [1.807, 2.05) is 18.3 Å². The summed E-state index contributed by atoms with van der Waals surface area (Å²) in [6, 6.07) is 10.9. The second-order valence-electron chi connectivity index (χ2n) is 8.27. The molecule has 1 fully saturated rings. The number of pyridine rings is 1. The zero-order chi connectivity index (χ0) is 22.4. The fourth-order valence-corrected chi connectivity index (χ4v) is 5.27. The second kappa shape index (κ2) is 8.09. The molecule has 0 amide bonds. The zero-order valence-corrected chi connectivity index (χ0v) is 18.6. The molecule has 1 aromatic carbocycles. The summed E-state index contributed by atoms with van der Waals surface area (Å²) in [7, 11) is 0. The molecule has 1 aliphatic heterocycles. The van der Waals surface area contributed by atoms with Crippen LogP contribution >= 0.6 is 11.3 Å². The Kier molecular flexibility index (Phi) is 4.92. The first-order chi connectivity index (χ1) is 16.1. The van der Waals surface area contributed by atoms with Crippen LogP contribution in [0.5, 0.6) is 0 Å². The van der Waals surface area contributed by atoms with E-state index in [2.05, 4.69) is 31.3 Å². The molecule has 1 saturated heterocycles. The number of nitrogens with one attached hydrogen (secondary N) is 2. The Balaban J connectivity index is 1.31. The summed E-state index contributed by atoms with van der Waals surface area (Å²) in [5.74, 6) is 0.191. The van der Waals surface area contributed by atoms with E-state index < -0.39 is 0 Å². The van der Waals surface area contributed by atoms with Crippen molar-refractivity contribution in [3.8, 4) is 33.0 Å². The molecule has 1 aliphatic rings. The molecular formula is C24H22FN7S. The monoisotopic (exact) mass is 459 g/mol. The third-order valence-electron chi connectivity index (χ3n) is 6.10. The molecule has 7 nitrogen and oxygen atoms in total. The van der Waals surface area contributed by atoms with Crippen LogP contribution in [0, 0.1) is 5.82 Å². The van der Waals surface area contributed by atoms with Gasteiger partial charge in [-0.1, -0.05) is 0 Å². The quantitative estimate of drug-likeness (QED) is 0.356. The zero-order valence-electron chi connectivity index (χ0n) is 17.8. The van der Waals surface area contributed by atoms with E-state index >= 15 is 0 Å². The molecule has 5 heterocycles. The maximum Gasteiger partial charge on any atom is 0.149 e. The van der Waals surface area contributed by atoms with Crippen LogP contribution in [-0.2, 0) is 0 Å². The Morgan fingerprint density at radius 2 is 1.85 bits per heavy atom. The molecule has 166 valence electrons. The molecule has 0 radical (unpaired) electrons. The van der Waals surface area contributed by atoms with Crippen LogP contribution in [0.2, 0.25) is 0 Å². The lowest BCUT2D eigenvalue weighted by Gasteiger charge is -2.22. The number of fused-ring (bicyclic) bond motifs is 1. The molecule has 5 aromatic rings. The van der Waals surface area contributed by atoms with E-state index in [0.29, 0.717) is 11.9 Å². The average molecular weight is 460 g/mol. The number of halogens is 1. The number of H-pyrrole nitrogens is 1. The number of aromatic nitrogens is 5. The van der Waals surface area contributed by atoms with Crippen LogP contribution in [0.4, 0.5) is 10.2 Å². The van der Waals surface area contributed by atoms with Crippen molar-refractivity contribution in [1.29, 1.82) is 0 Å². The maximum atomic E-state index is 13.2. The first-order valence-electron chi connectivity index (χ1n) is 10.9. The largest absolute Gasteiger partial charge is 0.383 e. The summed E-state index contributed by atoms with van der Waals surface area (Å²) in [5.41, 5.74) is 11.6. The van der Waals surface area contributed by atoms with Gasteiger partial charge >= 0.3 is 0 Å². The Morgan fingerprint density at radius 3 is 2.64 bits per heavy atom. The van der Waals surface area contributed by atoms with Crippen molar-refractivity contribution in [2.45, 2.75) is 18.9 Å². The Hall–Kier alpha value is -3.56. The molecule has 4 aromatic heterocycles. The first-order valence-corrected chi connectivity index (χ1v) is 11.7. The Morgan fingerprint density at radius 1 is 1.03 bits per heavy atom. The van der Waals surface area contributed by atoms with Crippen LogP contribution in [0.15, 0.2) is 55.0 Å². The van der Waals surface area contributed by atoms with Gasteiger partial charge in [0, 0.05) is 29.2 Å². The maximum absolute atomic E-state index is 13.2. The summed E-state index contributed by atoms with van der Waals surface area (Å²) in [6.07, 6.45) is 7.93. The third kappa shape index (κ3) is 3.79. The SMILES string of the molecule is Nc1ncc(-c2cnn(C3CCNCC3)c2)cc1-c1nc2[nH]c(-c3ccc(F)cc3)cc2s1. The highest BCUT2D eigenvalue weighted by atomic mass is 32.1. The number of piperidine rings is 1. The predicted octanol–water partition coefficient (Wildman–Crippen LogP) is 4.86. The number of nitrogens with two attached hydrogens (primary N) is 1. The van der Waals surface area contributed by atoms with Gasteiger partial charge in [0.2, 0.25) is 0 Å². The smallest absolute Gasteiger partial charge is 0.149 e. The van der Waals surface area contributed by atoms with Gasteiger partial charge < -0.3 is 16.0 Å². The highest BCUT2D eigenvalue weighted by Crippen LogP contribution is 2.36. The number of anilines is 1. The van der Waals surface area contributed by atoms with Crippen LogP contribution in [-0.4, -0.2) is 37.8 Å². The fraction of sp³-hybridized carbons (Fsp3) is 0.208. The van der Waals surface area contributed by atoms with Crippen molar-refractivity contribution in [3.63, 3.8) is 0 Å². The van der Waals surface area contributed by atoms with Crippen LogP contribution < -0.4 is 11.1 Å². The number of hydrogen-bond donors (Lipinski definition) is 3. The van der Waals surface area contributed by atoms with Crippen LogP contribution in [0.1, 0.15) is 18.9 Å². The average Bonchev–Trinajstić information content (AvgIpc) is 3.56. The normalized spacial score (nSPS) is 14.8. The molecule has 33 heavy (non-hydrogen) atoms. The molecule has 4 N–H and O–H groups in total. The lowest BCUT2D eigenvalue weighted by Crippen LogP contribution is -2.29. The minimum Gasteiger partial charge on any atom is -0.383 e. The first kappa shape index (κ1) is 20.1. The Bertz CT molecular complexity index is 1400. The molecule has 0 aliphatic carbocycles. The van der Waals surface area contributed by atoms with E-state index in [1.165, 1.54) is 12.1 Å². The molecule has 0 unspecified atom stereocenters. The molecule has 0 bridgehead atoms. The summed E-state index contributed by atoms with van der Waals surface area (Å²) in [6.45, 7) is 2.04. The van der Waals surface area contributed by atoms with E-state index in [9.17, 15) is 4.39 Å².